The fraction of sp³-hybridized carbons (Fsp3) is 0.278. The van der Waals surface area contributed by atoms with E-state index in [1.54, 1.807) is 24.3 Å². The van der Waals surface area contributed by atoms with E-state index in [0.717, 1.165) is 11.3 Å². The predicted molar refractivity (Wildman–Crippen MR) is 82.3 cm³/mol. The molecule has 0 heterocycles. The first-order chi connectivity index (χ1) is 10.1. The van der Waals surface area contributed by atoms with E-state index in [2.05, 4.69) is 13.8 Å². The van der Waals surface area contributed by atoms with E-state index in [9.17, 15) is 4.79 Å². The second kappa shape index (κ2) is 7.48. The zero-order chi connectivity index (χ0) is 15.1. The highest BCUT2D eigenvalue weighted by atomic mass is 16.5. The van der Waals surface area contributed by atoms with Gasteiger partial charge in [-0.1, -0.05) is 44.2 Å². The van der Waals surface area contributed by atoms with Crippen LogP contribution in [0.2, 0.25) is 0 Å². The monoisotopic (exact) mass is 284 g/mol. The molecule has 110 valence electrons. The molecule has 0 aliphatic heterocycles. The zero-order valence-electron chi connectivity index (χ0n) is 12.4. The van der Waals surface area contributed by atoms with E-state index in [4.69, 9.17) is 9.47 Å². The van der Waals surface area contributed by atoms with Gasteiger partial charge in [0.25, 0.3) is 0 Å². The SMILES string of the molecule is CC(C)COc1ccc(C(=O)OCc2ccccc2)cc1. The van der Waals surface area contributed by atoms with Crippen molar-refractivity contribution >= 4 is 5.97 Å². The molecule has 0 unspecified atom stereocenters. The summed E-state index contributed by atoms with van der Waals surface area (Å²) >= 11 is 0. The Balaban J connectivity index is 1.88. The molecule has 21 heavy (non-hydrogen) atoms. The van der Waals surface area contributed by atoms with Gasteiger partial charge in [0.2, 0.25) is 0 Å². The van der Waals surface area contributed by atoms with Gasteiger partial charge in [0.15, 0.2) is 0 Å². The maximum Gasteiger partial charge on any atom is 0.338 e. The minimum Gasteiger partial charge on any atom is -0.493 e. The van der Waals surface area contributed by atoms with Crippen molar-refractivity contribution in [3.63, 3.8) is 0 Å². The maximum absolute atomic E-state index is 11.9. The summed E-state index contributed by atoms with van der Waals surface area (Å²) in [7, 11) is 0. The lowest BCUT2D eigenvalue weighted by molar-refractivity contribution is 0.0472. The lowest BCUT2D eigenvalue weighted by Crippen LogP contribution is -2.06. The molecule has 0 radical (unpaired) electrons. The summed E-state index contributed by atoms with van der Waals surface area (Å²) in [6, 6.07) is 16.7. The Kier molecular flexibility index (Phi) is 5.38. The van der Waals surface area contributed by atoms with Crippen LogP contribution in [0.25, 0.3) is 0 Å². The molecular weight excluding hydrogens is 264 g/mol. The highest BCUT2D eigenvalue weighted by molar-refractivity contribution is 5.89. The quantitative estimate of drug-likeness (QED) is 0.750. The van der Waals surface area contributed by atoms with Crippen LogP contribution in [0, 0.1) is 5.92 Å². The van der Waals surface area contributed by atoms with E-state index >= 15 is 0 Å². The number of hydrogen-bond donors (Lipinski definition) is 0. The van der Waals surface area contributed by atoms with Crippen molar-refractivity contribution in [3.05, 3.63) is 65.7 Å². The van der Waals surface area contributed by atoms with E-state index in [-0.39, 0.29) is 12.6 Å². The molecule has 0 aromatic heterocycles. The van der Waals surface area contributed by atoms with Gasteiger partial charge in [-0.3, -0.25) is 0 Å². The van der Waals surface area contributed by atoms with E-state index in [0.29, 0.717) is 18.1 Å². The fourth-order valence-corrected chi connectivity index (χ4v) is 1.76. The highest BCUT2D eigenvalue weighted by Crippen LogP contribution is 2.14. The van der Waals surface area contributed by atoms with Crippen LogP contribution in [-0.2, 0) is 11.3 Å². The molecule has 2 aromatic rings. The summed E-state index contributed by atoms with van der Waals surface area (Å²) in [6.07, 6.45) is 0. The Hall–Kier alpha value is -2.29. The lowest BCUT2D eigenvalue weighted by Gasteiger charge is -2.09. The van der Waals surface area contributed by atoms with Gasteiger partial charge >= 0.3 is 5.97 Å². The number of hydrogen-bond acceptors (Lipinski definition) is 3. The van der Waals surface area contributed by atoms with Gasteiger partial charge in [-0.05, 0) is 35.7 Å². The van der Waals surface area contributed by atoms with Crippen molar-refractivity contribution in [2.24, 2.45) is 5.92 Å². The predicted octanol–water partition coefficient (Wildman–Crippen LogP) is 4.08. The molecule has 0 atom stereocenters. The van der Waals surface area contributed by atoms with Crippen molar-refractivity contribution in [2.75, 3.05) is 6.61 Å². The van der Waals surface area contributed by atoms with Crippen LogP contribution in [-0.4, -0.2) is 12.6 Å². The number of benzene rings is 2. The Labute approximate surface area is 125 Å². The third-order valence-corrected chi connectivity index (χ3v) is 2.89. The fourth-order valence-electron chi connectivity index (χ4n) is 1.76. The van der Waals surface area contributed by atoms with Crippen molar-refractivity contribution in [1.82, 2.24) is 0 Å². The van der Waals surface area contributed by atoms with Crippen LogP contribution in [0.3, 0.4) is 0 Å². The third kappa shape index (κ3) is 4.95. The first kappa shape index (κ1) is 15.1. The molecule has 2 rings (SSSR count). The minimum atomic E-state index is -0.325. The van der Waals surface area contributed by atoms with E-state index < -0.39 is 0 Å². The molecule has 0 aliphatic rings. The zero-order valence-corrected chi connectivity index (χ0v) is 12.4. The van der Waals surface area contributed by atoms with Gasteiger partial charge in [0.05, 0.1) is 12.2 Å². The average molecular weight is 284 g/mol. The van der Waals surface area contributed by atoms with Gasteiger partial charge in [-0.15, -0.1) is 0 Å². The standard InChI is InChI=1S/C18H20O3/c1-14(2)12-20-17-10-8-16(9-11-17)18(19)21-13-15-6-4-3-5-7-15/h3-11,14H,12-13H2,1-2H3. The summed E-state index contributed by atoms with van der Waals surface area (Å²) in [5.41, 5.74) is 1.51. The molecule has 3 nitrogen and oxygen atoms in total. The Morgan fingerprint density at radius 1 is 1.00 bits per heavy atom. The minimum absolute atomic E-state index is 0.283. The molecule has 0 aliphatic carbocycles. The van der Waals surface area contributed by atoms with Crippen LogP contribution in [0.4, 0.5) is 0 Å². The normalized spacial score (nSPS) is 10.4. The van der Waals surface area contributed by atoms with Gasteiger partial charge < -0.3 is 9.47 Å². The molecule has 3 heteroatoms. The van der Waals surface area contributed by atoms with Gasteiger partial charge in [-0.25, -0.2) is 4.79 Å². The number of carbonyl (C=O) groups is 1. The van der Waals surface area contributed by atoms with E-state index in [1.807, 2.05) is 30.3 Å². The van der Waals surface area contributed by atoms with Crippen LogP contribution in [0.15, 0.2) is 54.6 Å². The van der Waals surface area contributed by atoms with Gasteiger partial charge in [0, 0.05) is 0 Å². The first-order valence-electron chi connectivity index (χ1n) is 7.09. The molecule has 2 aromatic carbocycles. The summed E-state index contributed by atoms with van der Waals surface area (Å²) in [5.74, 6) is 0.915. The second-order valence-electron chi connectivity index (χ2n) is 5.29. The van der Waals surface area contributed by atoms with E-state index in [1.165, 1.54) is 0 Å². The van der Waals surface area contributed by atoms with Gasteiger partial charge in [-0.2, -0.15) is 0 Å². The van der Waals surface area contributed by atoms with Crippen LogP contribution >= 0.6 is 0 Å². The number of rotatable bonds is 6. The maximum atomic E-state index is 11.9. The van der Waals surface area contributed by atoms with Crippen LogP contribution in [0.1, 0.15) is 29.8 Å². The first-order valence-corrected chi connectivity index (χ1v) is 7.09. The van der Waals surface area contributed by atoms with Gasteiger partial charge in [0.1, 0.15) is 12.4 Å². The summed E-state index contributed by atoms with van der Waals surface area (Å²) in [5, 5.41) is 0. The third-order valence-electron chi connectivity index (χ3n) is 2.89. The summed E-state index contributed by atoms with van der Waals surface area (Å²) in [4.78, 5) is 11.9. The Bertz CT molecular complexity index is 559. The molecule has 0 fully saturated rings. The largest absolute Gasteiger partial charge is 0.493 e. The molecule has 0 amide bonds. The molecule has 0 N–H and O–H groups in total. The van der Waals surface area contributed by atoms with Crippen LogP contribution in [0.5, 0.6) is 5.75 Å². The Morgan fingerprint density at radius 3 is 2.29 bits per heavy atom. The van der Waals surface area contributed by atoms with Crippen LogP contribution < -0.4 is 4.74 Å². The Morgan fingerprint density at radius 2 is 1.67 bits per heavy atom. The topological polar surface area (TPSA) is 35.5 Å². The molecular formula is C18H20O3. The lowest BCUT2D eigenvalue weighted by atomic mass is 10.2. The smallest absolute Gasteiger partial charge is 0.338 e. The molecule has 0 bridgehead atoms. The second-order valence-corrected chi connectivity index (χ2v) is 5.29. The summed E-state index contributed by atoms with van der Waals surface area (Å²) < 4.78 is 10.9. The molecule has 0 saturated heterocycles. The number of carbonyl (C=O) groups excluding carboxylic acids is 1. The summed E-state index contributed by atoms with van der Waals surface area (Å²) in [6.45, 7) is 5.13. The van der Waals surface area contributed by atoms with Crippen molar-refractivity contribution < 1.29 is 14.3 Å². The van der Waals surface area contributed by atoms with Crippen molar-refractivity contribution in [2.45, 2.75) is 20.5 Å². The van der Waals surface area contributed by atoms with Crippen molar-refractivity contribution in [3.8, 4) is 5.75 Å². The average Bonchev–Trinajstić information content (AvgIpc) is 2.52. The van der Waals surface area contributed by atoms with Crippen molar-refractivity contribution in [1.29, 1.82) is 0 Å². The highest BCUT2D eigenvalue weighted by Gasteiger charge is 2.07. The molecule has 0 saturated carbocycles. The molecule has 0 spiro atoms. The number of ether oxygens (including phenoxy) is 2. The number of esters is 1.